The summed E-state index contributed by atoms with van der Waals surface area (Å²) in [5, 5.41) is 13.8. The summed E-state index contributed by atoms with van der Waals surface area (Å²) in [6.07, 6.45) is 5.56. The Kier molecular flexibility index (Phi) is 3.83. The molecule has 0 radical (unpaired) electrons. The molecule has 19 heavy (non-hydrogen) atoms. The van der Waals surface area contributed by atoms with Crippen molar-refractivity contribution in [1.82, 2.24) is 5.32 Å². The van der Waals surface area contributed by atoms with Gasteiger partial charge in [0.05, 0.1) is 6.61 Å². The summed E-state index contributed by atoms with van der Waals surface area (Å²) in [5.41, 5.74) is -0.0911. The second-order valence-electron chi connectivity index (χ2n) is 5.80. The molecule has 1 aromatic rings. The van der Waals surface area contributed by atoms with Crippen LogP contribution in [0.4, 0.5) is 4.39 Å². The minimum atomic E-state index is -0.174. The highest BCUT2D eigenvalue weighted by Gasteiger charge is 2.42. The summed E-state index contributed by atoms with van der Waals surface area (Å²) in [6.45, 7) is 0.212. The van der Waals surface area contributed by atoms with Crippen LogP contribution in [0.3, 0.4) is 0 Å². The van der Waals surface area contributed by atoms with Gasteiger partial charge in [-0.05, 0) is 50.3 Å². The van der Waals surface area contributed by atoms with E-state index in [1.165, 1.54) is 18.9 Å². The first-order valence-corrected chi connectivity index (χ1v) is 7.88. The monoisotopic (exact) mass is 281 g/mol. The fourth-order valence-corrected chi connectivity index (χ4v) is 4.25. The zero-order valence-corrected chi connectivity index (χ0v) is 11.8. The molecular weight excluding hydrogens is 261 g/mol. The van der Waals surface area contributed by atoms with E-state index in [2.05, 4.69) is 5.32 Å². The highest BCUT2D eigenvalue weighted by atomic mass is 32.2. The first-order valence-electron chi connectivity index (χ1n) is 7.00. The lowest BCUT2D eigenvalue weighted by Gasteiger charge is -2.28. The third kappa shape index (κ3) is 3.30. The van der Waals surface area contributed by atoms with Gasteiger partial charge < -0.3 is 10.4 Å². The molecule has 2 N–H and O–H groups in total. The average Bonchev–Trinajstić information content (AvgIpc) is 3.11. The number of aliphatic hydroxyl groups excluding tert-OH is 1. The summed E-state index contributed by atoms with van der Waals surface area (Å²) in [5.74, 6) is -0.174. The van der Waals surface area contributed by atoms with E-state index in [0.29, 0.717) is 11.3 Å². The molecule has 0 aromatic heterocycles. The molecule has 2 fully saturated rings. The van der Waals surface area contributed by atoms with Crippen LogP contribution >= 0.6 is 11.8 Å². The molecule has 1 aromatic carbocycles. The summed E-state index contributed by atoms with van der Waals surface area (Å²) >= 11 is 1.74. The van der Waals surface area contributed by atoms with Gasteiger partial charge in [0.15, 0.2) is 0 Å². The Morgan fingerprint density at radius 3 is 2.89 bits per heavy atom. The number of aliphatic hydroxyl groups is 1. The molecule has 2 saturated carbocycles. The van der Waals surface area contributed by atoms with Crippen molar-refractivity contribution in [1.29, 1.82) is 0 Å². The number of thioether (sulfide) groups is 1. The van der Waals surface area contributed by atoms with Crippen molar-refractivity contribution in [3.05, 3.63) is 30.1 Å². The van der Waals surface area contributed by atoms with Gasteiger partial charge >= 0.3 is 0 Å². The lowest BCUT2D eigenvalue weighted by atomic mass is 9.99. The topological polar surface area (TPSA) is 32.3 Å². The number of hydrogen-bond acceptors (Lipinski definition) is 3. The van der Waals surface area contributed by atoms with Gasteiger partial charge in [0.1, 0.15) is 5.82 Å². The van der Waals surface area contributed by atoms with E-state index in [1.54, 1.807) is 23.9 Å². The van der Waals surface area contributed by atoms with Crippen LogP contribution in [0.25, 0.3) is 0 Å². The predicted molar refractivity (Wildman–Crippen MR) is 75.9 cm³/mol. The highest BCUT2D eigenvalue weighted by molar-refractivity contribution is 8.00. The fourth-order valence-electron chi connectivity index (χ4n) is 2.89. The Balaban J connectivity index is 1.61. The molecule has 2 unspecified atom stereocenters. The average molecular weight is 281 g/mol. The summed E-state index contributed by atoms with van der Waals surface area (Å²) < 4.78 is 13.2. The van der Waals surface area contributed by atoms with Gasteiger partial charge in [0.25, 0.3) is 0 Å². The number of benzene rings is 1. The molecule has 2 nitrogen and oxygen atoms in total. The quantitative estimate of drug-likeness (QED) is 0.870. The Hall–Kier alpha value is -0.580. The highest BCUT2D eigenvalue weighted by Crippen LogP contribution is 2.41. The van der Waals surface area contributed by atoms with Gasteiger partial charge in [0, 0.05) is 21.7 Å². The zero-order chi connectivity index (χ0) is 13.3. The van der Waals surface area contributed by atoms with Crippen molar-refractivity contribution in [2.24, 2.45) is 0 Å². The third-order valence-corrected chi connectivity index (χ3v) is 5.31. The van der Waals surface area contributed by atoms with Gasteiger partial charge in [-0.2, -0.15) is 0 Å². The number of hydrogen-bond donors (Lipinski definition) is 2. The molecule has 0 amide bonds. The molecular formula is C15H20FNOS. The molecule has 2 aliphatic carbocycles. The van der Waals surface area contributed by atoms with Crippen molar-refractivity contribution in [2.45, 2.75) is 53.8 Å². The van der Waals surface area contributed by atoms with E-state index in [0.717, 1.165) is 24.2 Å². The summed E-state index contributed by atoms with van der Waals surface area (Å²) in [4.78, 5) is 0.991. The maximum absolute atomic E-state index is 13.2. The molecule has 2 aliphatic rings. The molecule has 0 spiro atoms. The van der Waals surface area contributed by atoms with Crippen LogP contribution in [0.1, 0.15) is 32.1 Å². The smallest absolute Gasteiger partial charge is 0.124 e. The third-order valence-electron chi connectivity index (χ3n) is 4.05. The summed E-state index contributed by atoms with van der Waals surface area (Å²) in [6, 6.07) is 7.41. The maximum Gasteiger partial charge on any atom is 0.124 e. The molecule has 0 heterocycles. The molecule has 0 aliphatic heterocycles. The zero-order valence-electron chi connectivity index (χ0n) is 10.9. The van der Waals surface area contributed by atoms with Gasteiger partial charge in [-0.1, -0.05) is 6.07 Å². The maximum atomic E-state index is 13.2. The Morgan fingerprint density at radius 1 is 1.37 bits per heavy atom. The Bertz CT molecular complexity index is 452. The SMILES string of the molecule is OCC1(NC2CC2)CCC(Sc2cccc(F)c2)C1. The van der Waals surface area contributed by atoms with Crippen LogP contribution in [0.15, 0.2) is 29.2 Å². The van der Waals surface area contributed by atoms with Gasteiger partial charge in [-0.3, -0.25) is 0 Å². The van der Waals surface area contributed by atoms with Crippen LogP contribution < -0.4 is 5.32 Å². The predicted octanol–water partition coefficient (Wildman–Crippen LogP) is 2.95. The van der Waals surface area contributed by atoms with Crippen molar-refractivity contribution >= 4 is 11.8 Å². The second kappa shape index (κ2) is 5.43. The van der Waals surface area contributed by atoms with Gasteiger partial charge in [-0.15, -0.1) is 11.8 Å². The molecule has 2 atom stereocenters. The van der Waals surface area contributed by atoms with Crippen LogP contribution in [-0.4, -0.2) is 28.5 Å². The number of nitrogens with one attached hydrogen (secondary N) is 1. The molecule has 104 valence electrons. The lowest BCUT2D eigenvalue weighted by Crippen LogP contribution is -2.47. The van der Waals surface area contributed by atoms with Gasteiger partial charge in [-0.25, -0.2) is 4.39 Å². The van der Waals surface area contributed by atoms with Crippen molar-refractivity contribution in [2.75, 3.05) is 6.61 Å². The largest absolute Gasteiger partial charge is 0.394 e. The van der Waals surface area contributed by atoms with Crippen molar-refractivity contribution < 1.29 is 9.50 Å². The Morgan fingerprint density at radius 2 is 2.21 bits per heavy atom. The van der Waals surface area contributed by atoms with E-state index in [4.69, 9.17) is 0 Å². The number of rotatable bonds is 5. The standard InChI is InChI=1S/C15H20FNOS/c16-11-2-1-3-13(8-11)19-14-6-7-15(9-14,10-18)17-12-4-5-12/h1-3,8,12,14,17-18H,4-7,9-10H2. The van der Waals surface area contributed by atoms with Gasteiger partial charge in [0.2, 0.25) is 0 Å². The van der Waals surface area contributed by atoms with E-state index in [1.807, 2.05) is 6.07 Å². The fraction of sp³-hybridized carbons (Fsp3) is 0.600. The minimum Gasteiger partial charge on any atom is -0.394 e. The number of halogens is 1. The summed E-state index contributed by atoms with van der Waals surface area (Å²) in [7, 11) is 0. The van der Waals surface area contributed by atoms with E-state index >= 15 is 0 Å². The van der Waals surface area contributed by atoms with Crippen LogP contribution in [-0.2, 0) is 0 Å². The van der Waals surface area contributed by atoms with Crippen molar-refractivity contribution in [3.8, 4) is 0 Å². The molecule has 0 saturated heterocycles. The van der Waals surface area contributed by atoms with Crippen LogP contribution in [0.5, 0.6) is 0 Å². The van der Waals surface area contributed by atoms with E-state index in [-0.39, 0.29) is 18.0 Å². The minimum absolute atomic E-state index is 0.0911. The first-order chi connectivity index (χ1) is 9.19. The molecule has 0 bridgehead atoms. The van der Waals surface area contributed by atoms with E-state index in [9.17, 15) is 9.50 Å². The van der Waals surface area contributed by atoms with Crippen LogP contribution in [0.2, 0.25) is 0 Å². The molecule has 4 heteroatoms. The molecule has 3 rings (SSSR count). The van der Waals surface area contributed by atoms with Crippen LogP contribution in [0, 0.1) is 5.82 Å². The Labute approximate surface area is 117 Å². The second-order valence-corrected chi connectivity index (χ2v) is 7.17. The van der Waals surface area contributed by atoms with Crippen molar-refractivity contribution in [3.63, 3.8) is 0 Å². The lowest BCUT2D eigenvalue weighted by molar-refractivity contribution is 0.163. The first kappa shape index (κ1) is 13.4. The van der Waals surface area contributed by atoms with E-state index < -0.39 is 0 Å². The normalized spacial score (nSPS) is 30.7.